The highest BCUT2D eigenvalue weighted by Crippen LogP contribution is 2.35. The molecule has 10 heteroatoms. The van der Waals surface area contributed by atoms with Crippen molar-refractivity contribution in [2.75, 3.05) is 43.4 Å². The number of phenols is 1. The van der Waals surface area contributed by atoms with Crippen molar-refractivity contribution in [1.29, 1.82) is 0 Å². The zero-order valence-corrected chi connectivity index (χ0v) is 18.7. The number of carbonyl (C=O) groups excluding carboxylic acids is 2. The van der Waals surface area contributed by atoms with Crippen LogP contribution in [0.15, 0.2) is 52.3 Å². The van der Waals surface area contributed by atoms with E-state index in [0.29, 0.717) is 0 Å². The average molecular weight is 462 g/mol. The number of hydrogen-bond donors (Lipinski definition) is 1. The fourth-order valence-corrected chi connectivity index (χ4v) is 6.23. The predicted molar refractivity (Wildman–Crippen MR) is 118 cm³/mol. The van der Waals surface area contributed by atoms with E-state index in [1.165, 1.54) is 33.1 Å². The van der Waals surface area contributed by atoms with Gasteiger partial charge in [-0.2, -0.15) is 4.31 Å². The van der Waals surface area contributed by atoms with Crippen molar-refractivity contribution in [3.8, 4) is 5.75 Å². The third-order valence-electron chi connectivity index (χ3n) is 5.43. The van der Waals surface area contributed by atoms with Crippen LogP contribution in [-0.4, -0.2) is 73.0 Å². The number of carbonyl (C=O) groups is 2. The molecular weight excluding hydrogens is 438 g/mol. The molecule has 2 amide bonds. The van der Waals surface area contributed by atoms with Gasteiger partial charge in [0, 0.05) is 31.1 Å². The van der Waals surface area contributed by atoms with Gasteiger partial charge in [0.25, 0.3) is 0 Å². The summed E-state index contributed by atoms with van der Waals surface area (Å²) in [5.41, 5.74) is 1.46. The first-order chi connectivity index (χ1) is 14.8. The number of fused-ring (bicyclic) bond motifs is 1. The largest absolute Gasteiger partial charge is 0.507 e. The second-order valence-corrected chi connectivity index (χ2v) is 10.4. The first-order valence-corrected chi connectivity index (χ1v) is 12.3. The molecule has 2 heterocycles. The van der Waals surface area contributed by atoms with E-state index in [9.17, 15) is 23.1 Å². The number of nitrogens with zero attached hydrogens (tertiary/aromatic N) is 3. The van der Waals surface area contributed by atoms with E-state index in [4.69, 9.17) is 0 Å². The monoisotopic (exact) mass is 461 g/mol. The molecule has 0 atom stereocenters. The summed E-state index contributed by atoms with van der Waals surface area (Å²) in [7, 11) is -3.86. The summed E-state index contributed by atoms with van der Waals surface area (Å²) in [6.07, 6.45) is 0. The Morgan fingerprint density at radius 2 is 1.81 bits per heavy atom. The normalized spacial score (nSPS) is 17.5. The van der Waals surface area contributed by atoms with Gasteiger partial charge in [-0.3, -0.25) is 9.59 Å². The van der Waals surface area contributed by atoms with Gasteiger partial charge < -0.3 is 14.9 Å². The Morgan fingerprint density at radius 1 is 1.10 bits per heavy atom. The van der Waals surface area contributed by atoms with Gasteiger partial charge in [-0.05, 0) is 36.8 Å². The van der Waals surface area contributed by atoms with Crippen molar-refractivity contribution in [3.05, 3.63) is 48.0 Å². The molecule has 0 saturated carbocycles. The molecule has 1 N–H and O–H groups in total. The summed E-state index contributed by atoms with van der Waals surface area (Å²) < 4.78 is 27.2. The molecule has 0 spiro atoms. The van der Waals surface area contributed by atoms with Gasteiger partial charge in [0.1, 0.15) is 17.2 Å². The third kappa shape index (κ3) is 4.28. The van der Waals surface area contributed by atoms with Gasteiger partial charge in [-0.1, -0.05) is 18.2 Å². The summed E-state index contributed by atoms with van der Waals surface area (Å²) in [5, 5.41) is 10.0. The van der Waals surface area contributed by atoms with Crippen LogP contribution >= 0.6 is 11.8 Å². The van der Waals surface area contributed by atoms with Gasteiger partial charge in [-0.15, -0.1) is 11.8 Å². The number of sulfonamides is 1. The number of phenolic OH excluding ortho intramolecular Hbond substituents is 1. The quantitative estimate of drug-likeness (QED) is 0.744. The Balaban J connectivity index is 1.43. The van der Waals surface area contributed by atoms with Gasteiger partial charge >= 0.3 is 0 Å². The van der Waals surface area contributed by atoms with Crippen LogP contribution in [0.4, 0.5) is 5.69 Å². The van der Waals surface area contributed by atoms with E-state index in [-0.39, 0.29) is 60.9 Å². The molecule has 2 aliphatic heterocycles. The van der Waals surface area contributed by atoms with Crippen molar-refractivity contribution in [2.24, 2.45) is 0 Å². The SMILES string of the molecule is Cc1ccc(O)c(S(=O)(=O)N2CCN(C(=O)CN3C(=O)CSc4ccccc43)CC2)c1. The van der Waals surface area contributed by atoms with Crippen LogP contribution in [-0.2, 0) is 19.6 Å². The third-order valence-corrected chi connectivity index (χ3v) is 8.40. The number of hydrogen-bond acceptors (Lipinski definition) is 6. The zero-order valence-electron chi connectivity index (χ0n) is 17.0. The number of rotatable bonds is 4. The Kier molecular flexibility index (Phi) is 5.96. The molecule has 1 saturated heterocycles. The fourth-order valence-electron chi connectivity index (χ4n) is 3.71. The van der Waals surface area contributed by atoms with Crippen molar-refractivity contribution >= 4 is 39.3 Å². The van der Waals surface area contributed by atoms with Crippen LogP contribution in [0.2, 0.25) is 0 Å². The molecule has 164 valence electrons. The van der Waals surface area contributed by atoms with E-state index in [1.54, 1.807) is 17.9 Å². The number of piperazine rings is 1. The molecule has 1 fully saturated rings. The van der Waals surface area contributed by atoms with Gasteiger partial charge in [0.2, 0.25) is 21.8 Å². The van der Waals surface area contributed by atoms with Gasteiger partial charge in [0.15, 0.2) is 0 Å². The maximum absolute atomic E-state index is 12.9. The molecule has 2 aromatic carbocycles. The minimum absolute atomic E-state index is 0.0676. The maximum Gasteiger partial charge on any atom is 0.246 e. The molecule has 0 unspecified atom stereocenters. The first-order valence-electron chi connectivity index (χ1n) is 9.87. The molecule has 2 aliphatic rings. The molecule has 2 aromatic rings. The molecule has 8 nitrogen and oxygen atoms in total. The van der Waals surface area contributed by atoms with E-state index in [1.807, 2.05) is 24.3 Å². The Labute approximate surface area is 185 Å². The van der Waals surface area contributed by atoms with Gasteiger partial charge in [-0.25, -0.2) is 8.42 Å². The molecule has 0 bridgehead atoms. The molecule has 0 aliphatic carbocycles. The van der Waals surface area contributed by atoms with E-state index < -0.39 is 10.0 Å². The van der Waals surface area contributed by atoms with Gasteiger partial charge in [0.05, 0.1) is 11.4 Å². The first kappa shape index (κ1) is 21.7. The lowest BCUT2D eigenvalue weighted by atomic mass is 10.2. The Hall–Kier alpha value is -2.56. The lowest BCUT2D eigenvalue weighted by Gasteiger charge is -2.36. The van der Waals surface area contributed by atoms with Crippen molar-refractivity contribution in [2.45, 2.75) is 16.7 Å². The lowest BCUT2D eigenvalue weighted by Crippen LogP contribution is -2.53. The Morgan fingerprint density at radius 3 is 2.55 bits per heavy atom. The number of amides is 2. The molecule has 31 heavy (non-hydrogen) atoms. The number of anilines is 1. The second-order valence-electron chi connectivity index (χ2n) is 7.49. The van der Waals surface area contributed by atoms with Crippen LogP contribution in [0.1, 0.15) is 5.56 Å². The minimum Gasteiger partial charge on any atom is -0.507 e. The highest BCUT2D eigenvalue weighted by atomic mass is 32.2. The summed E-state index contributed by atoms with van der Waals surface area (Å²) in [4.78, 5) is 29.2. The summed E-state index contributed by atoms with van der Waals surface area (Å²) in [6, 6.07) is 11.9. The standard InChI is InChI=1S/C21H23N3O5S2/c1-15-6-7-17(25)19(12-15)31(28,29)23-10-8-22(9-11-23)20(26)13-24-16-4-2-3-5-18(16)30-14-21(24)27/h2-7,12,25H,8-11,13-14H2,1H3. The summed E-state index contributed by atoms with van der Waals surface area (Å²) in [6.45, 7) is 2.39. The van der Waals surface area contributed by atoms with E-state index in [2.05, 4.69) is 0 Å². The number of para-hydroxylation sites is 1. The van der Waals surface area contributed by atoms with Crippen LogP contribution in [0.5, 0.6) is 5.75 Å². The molecule has 0 aromatic heterocycles. The summed E-state index contributed by atoms with van der Waals surface area (Å²) in [5.74, 6) is -0.334. The van der Waals surface area contributed by atoms with Crippen LogP contribution < -0.4 is 4.90 Å². The fraction of sp³-hybridized carbons (Fsp3) is 0.333. The van der Waals surface area contributed by atoms with Crippen LogP contribution in [0, 0.1) is 6.92 Å². The van der Waals surface area contributed by atoms with Crippen LogP contribution in [0.3, 0.4) is 0 Å². The number of aromatic hydroxyl groups is 1. The van der Waals surface area contributed by atoms with E-state index in [0.717, 1.165) is 16.1 Å². The smallest absolute Gasteiger partial charge is 0.246 e. The average Bonchev–Trinajstić information content (AvgIpc) is 2.77. The molecule has 0 radical (unpaired) electrons. The Bertz CT molecular complexity index is 1130. The van der Waals surface area contributed by atoms with Crippen molar-refractivity contribution < 1.29 is 23.1 Å². The zero-order chi connectivity index (χ0) is 22.2. The number of aryl methyl sites for hydroxylation is 1. The number of thioether (sulfide) groups is 1. The summed E-state index contributed by atoms with van der Waals surface area (Å²) >= 11 is 1.46. The molecule has 4 rings (SSSR count). The maximum atomic E-state index is 12.9. The predicted octanol–water partition coefficient (Wildman–Crippen LogP) is 1.67. The molecular formula is C21H23N3O5S2. The van der Waals surface area contributed by atoms with Crippen molar-refractivity contribution in [3.63, 3.8) is 0 Å². The second kappa shape index (κ2) is 8.52. The highest BCUT2D eigenvalue weighted by Gasteiger charge is 2.33. The highest BCUT2D eigenvalue weighted by molar-refractivity contribution is 8.00. The van der Waals surface area contributed by atoms with Crippen LogP contribution in [0.25, 0.3) is 0 Å². The van der Waals surface area contributed by atoms with Crippen molar-refractivity contribution in [1.82, 2.24) is 9.21 Å². The van der Waals surface area contributed by atoms with E-state index >= 15 is 0 Å². The minimum atomic E-state index is -3.86. The lowest BCUT2D eigenvalue weighted by molar-refractivity contribution is -0.132. The number of benzene rings is 2. The topological polar surface area (TPSA) is 98.2 Å².